The van der Waals surface area contributed by atoms with Crippen molar-refractivity contribution in [1.29, 1.82) is 0 Å². The Balaban J connectivity index is 1.21. The van der Waals surface area contributed by atoms with E-state index in [2.05, 4.69) is 5.32 Å². The number of piperazine rings is 1. The van der Waals surface area contributed by atoms with Gasteiger partial charge in [0.25, 0.3) is 11.8 Å². The second kappa shape index (κ2) is 9.93. The molecule has 182 valence electrons. The molecule has 0 spiro atoms. The molecule has 0 aliphatic carbocycles. The molecular formula is C28H25N3O4S. The summed E-state index contributed by atoms with van der Waals surface area (Å²) in [6, 6.07) is 28.4. The number of hydrogen-bond acceptors (Lipinski definition) is 4. The molecule has 2 amide bonds. The molecule has 1 fully saturated rings. The zero-order valence-electron chi connectivity index (χ0n) is 19.5. The summed E-state index contributed by atoms with van der Waals surface area (Å²) in [7, 11) is -3.65. The van der Waals surface area contributed by atoms with E-state index in [0.29, 0.717) is 29.9 Å². The topological polar surface area (TPSA) is 86.8 Å². The molecule has 5 rings (SSSR count). The summed E-state index contributed by atoms with van der Waals surface area (Å²) >= 11 is 0. The maximum absolute atomic E-state index is 13.2. The summed E-state index contributed by atoms with van der Waals surface area (Å²) in [6.45, 7) is 1.06. The first-order chi connectivity index (χ1) is 17.4. The number of carbonyl (C=O) groups is 2. The Bertz CT molecular complexity index is 1510. The Morgan fingerprint density at radius 3 is 2.00 bits per heavy atom. The molecular weight excluding hydrogens is 474 g/mol. The van der Waals surface area contributed by atoms with Crippen LogP contribution in [0, 0.1) is 0 Å². The first kappa shape index (κ1) is 23.7. The number of benzene rings is 4. The number of amides is 2. The first-order valence-electron chi connectivity index (χ1n) is 11.7. The molecule has 4 aromatic rings. The minimum absolute atomic E-state index is 0.168. The van der Waals surface area contributed by atoms with Crippen LogP contribution in [0.1, 0.15) is 20.7 Å². The van der Waals surface area contributed by atoms with Gasteiger partial charge in [-0.15, -0.1) is 0 Å². The first-order valence-corrected chi connectivity index (χ1v) is 13.1. The smallest absolute Gasteiger partial charge is 0.255 e. The van der Waals surface area contributed by atoms with Crippen molar-refractivity contribution in [2.45, 2.75) is 4.90 Å². The van der Waals surface area contributed by atoms with Gasteiger partial charge in [-0.05, 0) is 59.3 Å². The summed E-state index contributed by atoms with van der Waals surface area (Å²) < 4.78 is 27.8. The van der Waals surface area contributed by atoms with E-state index in [1.54, 1.807) is 65.6 Å². The van der Waals surface area contributed by atoms with Crippen LogP contribution in [0.15, 0.2) is 102 Å². The van der Waals surface area contributed by atoms with Crippen LogP contribution in [0.4, 0.5) is 5.69 Å². The van der Waals surface area contributed by atoms with E-state index in [1.807, 2.05) is 36.4 Å². The van der Waals surface area contributed by atoms with Crippen molar-refractivity contribution >= 4 is 38.3 Å². The van der Waals surface area contributed by atoms with Crippen molar-refractivity contribution in [1.82, 2.24) is 9.21 Å². The molecule has 0 atom stereocenters. The number of nitrogens with zero attached hydrogens (tertiary/aromatic N) is 2. The van der Waals surface area contributed by atoms with Crippen molar-refractivity contribution in [3.63, 3.8) is 0 Å². The summed E-state index contributed by atoms with van der Waals surface area (Å²) in [5, 5.41) is 4.67. The molecule has 1 saturated heterocycles. The van der Waals surface area contributed by atoms with E-state index in [9.17, 15) is 18.0 Å². The monoisotopic (exact) mass is 499 g/mol. The lowest BCUT2D eigenvalue weighted by atomic mass is 10.1. The van der Waals surface area contributed by atoms with Crippen LogP contribution in [0.25, 0.3) is 10.8 Å². The molecule has 4 aromatic carbocycles. The third-order valence-electron chi connectivity index (χ3n) is 6.31. The normalized spacial score (nSPS) is 14.5. The number of rotatable bonds is 5. The fraction of sp³-hybridized carbons (Fsp3) is 0.143. The van der Waals surface area contributed by atoms with Gasteiger partial charge >= 0.3 is 0 Å². The van der Waals surface area contributed by atoms with Gasteiger partial charge in [0.15, 0.2) is 0 Å². The van der Waals surface area contributed by atoms with Crippen LogP contribution in [0.5, 0.6) is 0 Å². The van der Waals surface area contributed by atoms with Gasteiger partial charge in [0.2, 0.25) is 10.0 Å². The highest BCUT2D eigenvalue weighted by atomic mass is 32.2. The average Bonchev–Trinajstić information content (AvgIpc) is 2.93. The van der Waals surface area contributed by atoms with Crippen LogP contribution < -0.4 is 5.32 Å². The van der Waals surface area contributed by atoms with E-state index < -0.39 is 10.0 Å². The molecule has 7 nitrogen and oxygen atoms in total. The van der Waals surface area contributed by atoms with E-state index >= 15 is 0 Å². The van der Waals surface area contributed by atoms with E-state index in [1.165, 1.54) is 4.31 Å². The van der Waals surface area contributed by atoms with Crippen LogP contribution in [-0.4, -0.2) is 55.6 Å². The maximum atomic E-state index is 13.2. The van der Waals surface area contributed by atoms with Crippen molar-refractivity contribution in [3.8, 4) is 0 Å². The second-order valence-corrected chi connectivity index (χ2v) is 10.5. The minimum Gasteiger partial charge on any atom is -0.336 e. The lowest BCUT2D eigenvalue weighted by Crippen LogP contribution is -2.50. The van der Waals surface area contributed by atoms with Crippen molar-refractivity contribution in [2.75, 3.05) is 31.5 Å². The Hall–Kier alpha value is -4.01. The molecule has 1 N–H and O–H groups in total. The third kappa shape index (κ3) is 4.86. The highest BCUT2D eigenvalue weighted by Gasteiger charge is 2.30. The van der Waals surface area contributed by atoms with Gasteiger partial charge in [0, 0.05) is 43.0 Å². The Morgan fingerprint density at radius 1 is 0.667 bits per heavy atom. The molecule has 0 bridgehead atoms. The van der Waals surface area contributed by atoms with E-state index in [4.69, 9.17) is 0 Å². The summed E-state index contributed by atoms with van der Waals surface area (Å²) in [5.41, 5.74) is 1.62. The fourth-order valence-electron chi connectivity index (χ4n) is 4.28. The molecule has 0 unspecified atom stereocenters. The zero-order valence-corrected chi connectivity index (χ0v) is 20.3. The van der Waals surface area contributed by atoms with Gasteiger partial charge in [-0.25, -0.2) is 8.42 Å². The summed E-state index contributed by atoms with van der Waals surface area (Å²) in [4.78, 5) is 27.2. The Labute approximate surface area is 210 Å². The standard InChI is InChI=1S/C28H25N3O4S/c32-27(22-7-2-1-3-8-22)29-25-13-10-23(11-14-25)28(33)30-16-18-31(19-17-30)36(34,35)26-15-12-21-6-4-5-9-24(21)20-26/h1-15,20H,16-19H2,(H,29,32). The van der Waals surface area contributed by atoms with Gasteiger partial charge in [-0.2, -0.15) is 4.31 Å². The van der Waals surface area contributed by atoms with Gasteiger partial charge in [0.1, 0.15) is 0 Å². The van der Waals surface area contributed by atoms with Crippen molar-refractivity contribution in [2.24, 2.45) is 0 Å². The molecule has 36 heavy (non-hydrogen) atoms. The average molecular weight is 500 g/mol. The predicted molar refractivity (Wildman–Crippen MR) is 139 cm³/mol. The molecule has 8 heteroatoms. The molecule has 1 heterocycles. The fourth-order valence-corrected chi connectivity index (χ4v) is 5.74. The number of nitrogens with one attached hydrogen (secondary N) is 1. The Kier molecular flexibility index (Phi) is 6.54. The van der Waals surface area contributed by atoms with Crippen molar-refractivity contribution in [3.05, 3.63) is 108 Å². The SMILES string of the molecule is O=C(Nc1ccc(C(=O)N2CCN(S(=O)(=O)c3ccc4ccccc4c3)CC2)cc1)c1ccccc1. The predicted octanol–water partition coefficient (Wildman–Crippen LogP) is 4.24. The number of anilines is 1. The number of sulfonamides is 1. The molecule has 0 radical (unpaired) electrons. The van der Waals surface area contributed by atoms with Crippen LogP contribution in [0.2, 0.25) is 0 Å². The largest absolute Gasteiger partial charge is 0.336 e. The third-order valence-corrected chi connectivity index (χ3v) is 8.20. The molecule has 1 aliphatic rings. The van der Waals surface area contributed by atoms with Gasteiger partial charge < -0.3 is 10.2 Å². The second-order valence-electron chi connectivity index (χ2n) is 8.60. The van der Waals surface area contributed by atoms with Gasteiger partial charge in [0.05, 0.1) is 4.90 Å². The van der Waals surface area contributed by atoms with Gasteiger partial charge in [-0.1, -0.05) is 48.5 Å². The van der Waals surface area contributed by atoms with E-state index in [-0.39, 0.29) is 29.8 Å². The van der Waals surface area contributed by atoms with E-state index in [0.717, 1.165) is 10.8 Å². The minimum atomic E-state index is -3.65. The quantitative estimate of drug-likeness (QED) is 0.445. The highest BCUT2D eigenvalue weighted by molar-refractivity contribution is 7.89. The molecule has 0 aromatic heterocycles. The van der Waals surface area contributed by atoms with Crippen LogP contribution in [-0.2, 0) is 10.0 Å². The maximum Gasteiger partial charge on any atom is 0.255 e. The lowest BCUT2D eigenvalue weighted by molar-refractivity contribution is 0.0698. The van der Waals surface area contributed by atoms with Gasteiger partial charge in [-0.3, -0.25) is 9.59 Å². The summed E-state index contributed by atoms with van der Waals surface area (Å²) in [6.07, 6.45) is 0. The highest BCUT2D eigenvalue weighted by Crippen LogP contribution is 2.23. The van der Waals surface area contributed by atoms with Crippen LogP contribution >= 0.6 is 0 Å². The van der Waals surface area contributed by atoms with Crippen molar-refractivity contribution < 1.29 is 18.0 Å². The molecule has 1 aliphatic heterocycles. The number of carbonyl (C=O) groups excluding carboxylic acids is 2. The Morgan fingerprint density at radius 2 is 1.31 bits per heavy atom. The number of hydrogen-bond donors (Lipinski definition) is 1. The molecule has 0 saturated carbocycles. The van der Waals surface area contributed by atoms with Crippen LogP contribution in [0.3, 0.4) is 0 Å². The number of fused-ring (bicyclic) bond motifs is 1. The zero-order chi connectivity index (χ0) is 25.1. The summed E-state index contributed by atoms with van der Waals surface area (Å²) in [5.74, 6) is -0.392. The lowest BCUT2D eigenvalue weighted by Gasteiger charge is -2.34.